The topological polar surface area (TPSA) is 105 Å². The lowest BCUT2D eigenvalue weighted by atomic mass is 9.65. The molecule has 3 heterocycles. The number of anilines is 2. The summed E-state index contributed by atoms with van der Waals surface area (Å²) in [7, 11) is 0. The summed E-state index contributed by atoms with van der Waals surface area (Å²) in [6, 6.07) is 12.2. The number of nitrogens with two attached hydrogens (primary N) is 1. The first-order valence-electron chi connectivity index (χ1n) is 9.61. The minimum atomic E-state index is -0.952. The van der Waals surface area contributed by atoms with Gasteiger partial charge in [-0.05, 0) is 49.2 Å². The fourth-order valence-electron chi connectivity index (χ4n) is 4.02. The molecule has 4 N–H and O–H groups in total. The smallest absolute Gasteiger partial charge is 0.153 e. The van der Waals surface area contributed by atoms with E-state index < -0.39 is 17.4 Å². The van der Waals surface area contributed by atoms with Crippen molar-refractivity contribution in [1.29, 1.82) is 0 Å². The maximum atomic E-state index is 14.3. The van der Waals surface area contributed by atoms with Crippen LogP contribution in [-0.4, -0.2) is 38.1 Å². The maximum absolute atomic E-state index is 14.3. The van der Waals surface area contributed by atoms with Gasteiger partial charge in [-0.3, -0.25) is 10.1 Å². The highest BCUT2D eigenvalue weighted by Gasteiger charge is 2.48. The summed E-state index contributed by atoms with van der Waals surface area (Å²) in [4.78, 5) is 4.16. The van der Waals surface area contributed by atoms with E-state index in [0.29, 0.717) is 29.6 Å². The second-order valence-electron chi connectivity index (χ2n) is 7.65. The van der Waals surface area contributed by atoms with Crippen LogP contribution in [-0.2, 0) is 5.41 Å². The average Bonchev–Trinajstić information content (AvgIpc) is 3.11. The fourth-order valence-corrected chi connectivity index (χ4v) is 4.02. The molecule has 1 fully saturated rings. The number of nitrogens with zero attached hydrogens (tertiary/aromatic N) is 4. The highest BCUT2D eigenvalue weighted by Crippen LogP contribution is 2.45. The molecule has 4 aromatic rings. The predicted molar refractivity (Wildman–Crippen MR) is 110 cm³/mol. The third-order valence-corrected chi connectivity index (χ3v) is 5.65. The van der Waals surface area contributed by atoms with Crippen molar-refractivity contribution in [2.24, 2.45) is 0 Å². The van der Waals surface area contributed by atoms with Crippen LogP contribution >= 0.6 is 0 Å². The molecule has 1 aliphatic rings. The molecule has 30 heavy (non-hydrogen) atoms. The zero-order valence-corrected chi connectivity index (χ0v) is 15.9. The van der Waals surface area contributed by atoms with Gasteiger partial charge in [0.05, 0.1) is 16.9 Å². The molecule has 0 unspecified atom stereocenters. The van der Waals surface area contributed by atoms with E-state index in [2.05, 4.69) is 30.7 Å². The molecule has 9 heteroatoms. The number of H-pyrrole nitrogens is 1. The first-order valence-corrected chi connectivity index (χ1v) is 9.61. The first kappa shape index (κ1) is 18.4. The monoisotopic (exact) mass is 407 g/mol. The molecular weight excluding hydrogens is 388 g/mol. The highest BCUT2D eigenvalue weighted by molar-refractivity contribution is 5.91. The summed E-state index contributed by atoms with van der Waals surface area (Å²) in [5.41, 5.74) is 7.87. The summed E-state index contributed by atoms with van der Waals surface area (Å²) >= 11 is 0. The van der Waals surface area contributed by atoms with Crippen LogP contribution in [0.5, 0.6) is 0 Å². The van der Waals surface area contributed by atoms with Gasteiger partial charge in [0.1, 0.15) is 17.8 Å². The van der Waals surface area contributed by atoms with E-state index in [1.54, 1.807) is 6.07 Å². The lowest BCUT2D eigenvalue weighted by molar-refractivity contribution is 0.0964. The van der Waals surface area contributed by atoms with Crippen LogP contribution in [0, 0.1) is 5.82 Å². The molecule has 0 bridgehead atoms. The van der Waals surface area contributed by atoms with Crippen LogP contribution < -0.4 is 11.1 Å². The first-order chi connectivity index (χ1) is 14.5. The molecule has 5 rings (SSSR count). The summed E-state index contributed by atoms with van der Waals surface area (Å²) in [6.07, 6.45) is 1.04. The predicted octanol–water partition coefficient (Wildman–Crippen LogP) is 3.62. The van der Waals surface area contributed by atoms with Crippen LogP contribution in [0.25, 0.3) is 22.2 Å². The largest absolute Gasteiger partial charge is 0.382 e. The summed E-state index contributed by atoms with van der Waals surface area (Å²) in [6.45, 7) is 0.326. The van der Waals surface area contributed by atoms with Crippen LogP contribution in [0.2, 0.25) is 0 Å². The number of nitrogens with one attached hydrogen (secondary N) is 2. The molecule has 0 aliphatic heterocycles. The van der Waals surface area contributed by atoms with Crippen molar-refractivity contribution in [1.82, 2.24) is 25.4 Å². The van der Waals surface area contributed by atoms with Gasteiger partial charge in [-0.25, -0.2) is 8.78 Å². The molecule has 0 radical (unpaired) electrons. The van der Waals surface area contributed by atoms with E-state index >= 15 is 0 Å². The molecule has 3 aromatic heterocycles. The van der Waals surface area contributed by atoms with Gasteiger partial charge in [-0.15, -0.1) is 10.2 Å². The average molecular weight is 407 g/mol. The Morgan fingerprint density at radius 1 is 1.17 bits per heavy atom. The zero-order valence-electron chi connectivity index (χ0n) is 15.9. The quantitative estimate of drug-likeness (QED) is 0.467. The van der Waals surface area contributed by atoms with E-state index in [9.17, 15) is 8.78 Å². The van der Waals surface area contributed by atoms with E-state index in [1.165, 1.54) is 18.3 Å². The van der Waals surface area contributed by atoms with Crippen LogP contribution in [0.3, 0.4) is 0 Å². The molecule has 0 amide bonds. The third-order valence-electron chi connectivity index (χ3n) is 5.65. The number of benzene rings is 1. The number of rotatable bonds is 5. The van der Waals surface area contributed by atoms with Crippen molar-refractivity contribution >= 4 is 22.5 Å². The fraction of sp³-hybridized carbons (Fsp3) is 0.238. The molecule has 0 spiro atoms. The Bertz CT molecular complexity index is 1200. The Hall–Kier alpha value is -3.62. The number of hydrogen-bond acceptors (Lipinski definition) is 6. The normalized spacial score (nSPS) is 20.8. The van der Waals surface area contributed by atoms with Crippen LogP contribution in [0.1, 0.15) is 18.5 Å². The van der Waals surface area contributed by atoms with Crippen molar-refractivity contribution in [2.45, 2.75) is 24.4 Å². The number of aromatic amines is 1. The maximum Gasteiger partial charge on any atom is 0.153 e. The second-order valence-corrected chi connectivity index (χ2v) is 7.65. The molecule has 1 saturated carbocycles. The highest BCUT2D eigenvalue weighted by atomic mass is 19.1. The second kappa shape index (κ2) is 7.01. The number of hydrogen-bond donors (Lipinski definition) is 3. The Balaban J connectivity index is 1.34. The van der Waals surface area contributed by atoms with Gasteiger partial charge < -0.3 is 11.1 Å². The number of halogens is 2. The van der Waals surface area contributed by atoms with Crippen LogP contribution in [0.15, 0.2) is 48.7 Å². The van der Waals surface area contributed by atoms with Crippen molar-refractivity contribution in [3.63, 3.8) is 0 Å². The number of nitrogen functional groups attached to an aromatic ring is 1. The van der Waals surface area contributed by atoms with Crippen molar-refractivity contribution in [2.75, 3.05) is 17.6 Å². The Kier molecular flexibility index (Phi) is 4.30. The number of pyridine rings is 1. The Morgan fingerprint density at radius 2 is 2.03 bits per heavy atom. The number of alkyl halides is 1. The molecule has 1 aliphatic carbocycles. The SMILES string of the molecule is Nc1n[nH]c2ccc(-c3ccc(NC[C@]4(c5ncccc5F)C[C@H](F)C4)nn3)cc12. The summed E-state index contributed by atoms with van der Waals surface area (Å²) < 4.78 is 27.9. The van der Waals surface area contributed by atoms with Gasteiger partial charge in [0.2, 0.25) is 0 Å². The van der Waals surface area contributed by atoms with Crippen LogP contribution in [0.4, 0.5) is 20.4 Å². The van der Waals surface area contributed by atoms with E-state index in [4.69, 9.17) is 5.73 Å². The zero-order chi connectivity index (χ0) is 20.7. The summed E-state index contributed by atoms with van der Waals surface area (Å²) in [5.74, 6) is 0.541. The number of fused-ring (bicyclic) bond motifs is 1. The van der Waals surface area contributed by atoms with Gasteiger partial charge in [0.25, 0.3) is 0 Å². The van der Waals surface area contributed by atoms with E-state index in [-0.39, 0.29) is 12.8 Å². The standard InChI is InChI=1S/C21H19F2N7/c22-13-9-21(10-13,19-15(23)2-1-7-25-19)11-26-18-6-5-16(27-29-18)12-3-4-17-14(8-12)20(24)30-28-17/h1-8,13H,9-11H2,(H,26,29)(H3,24,28,30)/t13-,21-. The third kappa shape index (κ3) is 3.12. The van der Waals surface area contributed by atoms with Crippen molar-refractivity contribution in [3.05, 3.63) is 60.2 Å². The molecule has 7 nitrogen and oxygen atoms in total. The minimum absolute atomic E-state index is 0.228. The van der Waals surface area contributed by atoms with Crippen molar-refractivity contribution < 1.29 is 8.78 Å². The van der Waals surface area contributed by atoms with Crippen molar-refractivity contribution in [3.8, 4) is 11.3 Å². The van der Waals surface area contributed by atoms with Gasteiger partial charge in [0.15, 0.2) is 5.82 Å². The minimum Gasteiger partial charge on any atom is -0.382 e. The lowest BCUT2D eigenvalue weighted by Crippen LogP contribution is -2.49. The molecule has 0 saturated heterocycles. The van der Waals surface area contributed by atoms with Gasteiger partial charge >= 0.3 is 0 Å². The van der Waals surface area contributed by atoms with Gasteiger partial charge in [-0.1, -0.05) is 6.07 Å². The van der Waals surface area contributed by atoms with E-state index in [0.717, 1.165) is 16.5 Å². The van der Waals surface area contributed by atoms with Gasteiger partial charge in [-0.2, -0.15) is 5.10 Å². The summed E-state index contributed by atoms with van der Waals surface area (Å²) in [5, 5.41) is 19.3. The Labute approximate surface area is 170 Å². The number of aromatic nitrogens is 5. The van der Waals surface area contributed by atoms with Gasteiger partial charge in [0, 0.05) is 29.1 Å². The molecular formula is C21H19F2N7. The lowest BCUT2D eigenvalue weighted by Gasteiger charge is -2.44. The molecule has 0 atom stereocenters. The van der Waals surface area contributed by atoms with E-state index in [1.807, 2.05) is 24.3 Å². The molecule has 1 aromatic carbocycles. The molecule has 152 valence electrons. The Morgan fingerprint density at radius 3 is 2.77 bits per heavy atom.